The Labute approximate surface area is 104 Å². The minimum absolute atomic E-state index is 0.0628. The van der Waals surface area contributed by atoms with Crippen LogP contribution in [-0.4, -0.2) is 17.4 Å². The van der Waals surface area contributed by atoms with Crippen LogP contribution in [0.25, 0.3) is 0 Å². The predicted molar refractivity (Wildman–Crippen MR) is 70.1 cm³/mol. The van der Waals surface area contributed by atoms with Gasteiger partial charge in [0.05, 0.1) is 16.4 Å². The SMILES string of the molecule is NC(=S)CNC(=O)c1cc2c(s1)CCCC2. The number of rotatable bonds is 3. The molecule has 0 atom stereocenters. The smallest absolute Gasteiger partial charge is 0.261 e. The third kappa shape index (κ3) is 2.59. The highest BCUT2D eigenvalue weighted by atomic mass is 32.1. The van der Waals surface area contributed by atoms with Crippen LogP contribution in [0.15, 0.2) is 6.07 Å². The highest BCUT2D eigenvalue weighted by molar-refractivity contribution is 7.80. The van der Waals surface area contributed by atoms with E-state index in [2.05, 4.69) is 5.32 Å². The van der Waals surface area contributed by atoms with Crippen LogP contribution in [0, 0.1) is 0 Å². The van der Waals surface area contributed by atoms with Gasteiger partial charge < -0.3 is 11.1 Å². The molecule has 0 aromatic carbocycles. The maximum Gasteiger partial charge on any atom is 0.261 e. The molecule has 3 nitrogen and oxygen atoms in total. The third-order valence-corrected chi connectivity index (χ3v) is 4.02. The zero-order chi connectivity index (χ0) is 11.5. The summed E-state index contributed by atoms with van der Waals surface area (Å²) in [6.07, 6.45) is 4.69. The summed E-state index contributed by atoms with van der Waals surface area (Å²) >= 11 is 6.32. The Morgan fingerprint density at radius 1 is 1.50 bits per heavy atom. The Bertz CT molecular complexity index is 402. The van der Waals surface area contributed by atoms with E-state index in [9.17, 15) is 4.79 Å². The summed E-state index contributed by atoms with van der Waals surface area (Å²) in [7, 11) is 0. The topological polar surface area (TPSA) is 55.1 Å². The molecule has 0 fully saturated rings. The average Bonchev–Trinajstić information content (AvgIpc) is 2.69. The van der Waals surface area contributed by atoms with Crippen LogP contribution in [0.2, 0.25) is 0 Å². The standard InChI is InChI=1S/C11H14N2OS2/c12-10(15)6-13-11(14)9-5-7-3-1-2-4-8(7)16-9/h5H,1-4,6H2,(H2,12,15)(H,13,14). The molecule has 0 saturated carbocycles. The zero-order valence-electron chi connectivity index (χ0n) is 8.91. The average molecular weight is 254 g/mol. The predicted octanol–water partition coefficient (Wildman–Crippen LogP) is 1.64. The first-order chi connectivity index (χ1) is 7.66. The van der Waals surface area contributed by atoms with Crippen LogP contribution in [-0.2, 0) is 12.8 Å². The number of fused-ring (bicyclic) bond motifs is 1. The molecule has 0 unspecified atom stereocenters. The van der Waals surface area contributed by atoms with Crippen molar-refractivity contribution in [2.24, 2.45) is 5.73 Å². The molecule has 3 N–H and O–H groups in total. The normalized spacial score (nSPS) is 14.2. The van der Waals surface area contributed by atoms with Crippen LogP contribution in [0.3, 0.4) is 0 Å². The van der Waals surface area contributed by atoms with Crippen molar-refractivity contribution in [3.63, 3.8) is 0 Å². The molecule has 16 heavy (non-hydrogen) atoms. The van der Waals surface area contributed by atoms with Gasteiger partial charge in [-0.05, 0) is 37.3 Å². The molecular formula is C11H14N2OS2. The van der Waals surface area contributed by atoms with Gasteiger partial charge in [-0.1, -0.05) is 12.2 Å². The zero-order valence-corrected chi connectivity index (χ0v) is 10.5. The largest absolute Gasteiger partial charge is 0.392 e. The lowest BCUT2D eigenvalue weighted by atomic mass is 9.99. The summed E-state index contributed by atoms with van der Waals surface area (Å²) < 4.78 is 0. The van der Waals surface area contributed by atoms with Gasteiger partial charge in [-0.15, -0.1) is 11.3 Å². The van der Waals surface area contributed by atoms with E-state index in [1.807, 2.05) is 6.07 Å². The van der Waals surface area contributed by atoms with Crippen LogP contribution in [0.4, 0.5) is 0 Å². The van der Waals surface area contributed by atoms with E-state index in [1.54, 1.807) is 11.3 Å². The summed E-state index contributed by atoms with van der Waals surface area (Å²) in [5.74, 6) is -0.0628. The summed E-state index contributed by atoms with van der Waals surface area (Å²) in [6, 6.07) is 2.01. The molecule has 1 aromatic heterocycles. The summed E-state index contributed by atoms with van der Waals surface area (Å²) in [5, 5.41) is 2.71. The molecule has 1 aliphatic carbocycles. The molecule has 0 saturated heterocycles. The molecular weight excluding hydrogens is 240 g/mol. The highest BCUT2D eigenvalue weighted by Gasteiger charge is 2.16. The molecule has 0 aliphatic heterocycles. The Kier molecular flexibility index (Phi) is 3.56. The lowest BCUT2D eigenvalue weighted by molar-refractivity contribution is 0.0963. The minimum atomic E-state index is -0.0628. The van der Waals surface area contributed by atoms with Gasteiger partial charge in [0.2, 0.25) is 0 Å². The minimum Gasteiger partial charge on any atom is -0.392 e. The Morgan fingerprint density at radius 3 is 2.94 bits per heavy atom. The number of carbonyl (C=O) groups is 1. The van der Waals surface area contributed by atoms with Gasteiger partial charge >= 0.3 is 0 Å². The molecule has 0 bridgehead atoms. The number of nitrogens with one attached hydrogen (secondary N) is 1. The van der Waals surface area contributed by atoms with Crippen molar-refractivity contribution in [2.45, 2.75) is 25.7 Å². The number of thiocarbonyl (C=S) groups is 1. The van der Waals surface area contributed by atoms with Gasteiger partial charge in [0, 0.05) is 4.88 Å². The Balaban J connectivity index is 2.06. The van der Waals surface area contributed by atoms with Crippen molar-refractivity contribution in [3.05, 3.63) is 21.4 Å². The lowest BCUT2D eigenvalue weighted by Crippen LogP contribution is -2.31. The molecule has 1 aliphatic rings. The summed E-state index contributed by atoms with van der Waals surface area (Å²) in [5.41, 5.74) is 6.68. The van der Waals surface area contributed by atoms with Crippen LogP contribution in [0.1, 0.15) is 33.0 Å². The number of amides is 1. The molecule has 1 amide bonds. The second kappa shape index (κ2) is 4.93. The molecule has 5 heteroatoms. The second-order valence-electron chi connectivity index (χ2n) is 3.92. The van der Waals surface area contributed by atoms with Crippen LogP contribution in [0.5, 0.6) is 0 Å². The molecule has 0 spiro atoms. The van der Waals surface area contributed by atoms with E-state index >= 15 is 0 Å². The second-order valence-corrected chi connectivity index (χ2v) is 5.58. The van der Waals surface area contributed by atoms with E-state index in [4.69, 9.17) is 18.0 Å². The quantitative estimate of drug-likeness (QED) is 0.806. The number of thiophene rings is 1. The summed E-state index contributed by atoms with van der Waals surface area (Å²) in [6.45, 7) is 0.275. The van der Waals surface area contributed by atoms with E-state index in [-0.39, 0.29) is 12.5 Å². The highest BCUT2D eigenvalue weighted by Crippen LogP contribution is 2.29. The van der Waals surface area contributed by atoms with Crippen molar-refractivity contribution in [1.82, 2.24) is 5.32 Å². The fourth-order valence-corrected chi connectivity index (χ4v) is 3.10. The van der Waals surface area contributed by atoms with E-state index in [0.29, 0.717) is 4.99 Å². The van der Waals surface area contributed by atoms with Crippen LogP contribution >= 0.6 is 23.6 Å². The number of nitrogens with two attached hydrogens (primary N) is 1. The Morgan fingerprint density at radius 2 is 2.25 bits per heavy atom. The lowest BCUT2D eigenvalue weighted by Gasteiger charge is -2.08. The monoisotopic (exact) mass is 254 g/mol. The number of carbonyl (C=O) groups excluding carboxylic acids is 1. The van der Waals surface area contributed by atoms with Crippen molar-refractivity contribution in [1.29, 1.82) is 0 Å². The molecule has 0 radical (unpaired) electrons. The van der Waals surface area contributed by atoms with Crippen LogP contribution < -0.4 is 11.1 Å². The van der Waals surface area contributed by atoms with Gasteiger partial charge in [0.15, 0.2) is 0 Å². The first kappa shape index (κ1) is 11.5. The third-order valence-electron chi connectivity index (χ3n) is 2.64. The first-order valence-electron chi connectivity index (χ1n) is 5.35. The number of aryl methyl sites for hydroxylation is 2. The fraction of sp³-hybridized carbons (Fsp3) is 0.455. The van der Waals surface area contributed by atoms with Gasteiger partial charge in [-0.2, -0.15) is 0 Å². The summed E-state index contributed by atoms with van der Waals surface area (Å²) in [4.78, 5) is 14.2. The van der Waals surface area contributed by atoms with Gasteiger partial charge in [0.1, 0.15) is 0 Å². The molecule has 86 valence electrons. The van der Waals surface area contributed by atoms with Crippen molar-refractivity contribution < 1.29 is 4.79 Å². The maximum absolute atomic E-state index is 11.8. The van der Waals surface area contributed by atoms with E-state index in [1.165, 1.54) is 23.3 Å². The molecule has 1 heterocycles. The van der Waals surface area contributed by atoms with Crippen molar-refractivity contribution in [2.75, 3.05) is 6.54 Å². The van der Waals surface area contributed by atoms with Gasteiger partial charge in [-0.25, -0.2) is 0 Å². The van der Waals surface area contributed by atoms with Gasteiger partial charge in [0.25, 0.3) is 5.91 Å². The molecule has 1 aromatic rings. The van der Waals surface area contributed by atoms with E-state index in [0.717, 1.165) is 17.7 Å². The maximum atomic E-state index is 11.8. The molecule has 2 rings (SSSR count). The number of hydrogen-bond donors (Lipinski definition) is 2. The van der Waals surface area contributed by atoms with Gasteiger partial charge in [-0.3, -0.25) is 4.79 Å². The van der Waals surface area contributed by atoms with Crippen molar-refractivity contribution in [3.8, 4) is 0 Å². The van der Waals surface area contributed by atoms with Crippen molar-refractivity contribution >= 4 is 34.5 Å². The number of hydrogen-bond acceptors (Lipinski definition) is 3. The first-order valence-corrected chi connectivity index (χ1v) is 6.57. The van der Waals surface area contributed by atoms with E-state index < -0.39 is 0 Å². The Hall–Kier alpha value is -0.940. The fourth-order valence-electron chi connectivity index (χ4n) is 1.86.